The highest BCUT2D eigenvalue weighted by molar-refractivity contribution is 5.70. The molecule has 0 spiro atoms. The van der Waals surface area contributed by atoms with Crippen LogP contribution in [0.4, 0.5) is 0 Å². The van der Waals surface area contributed by atoms with Crippen molar-refractivity contribution < 1.29 is 42.9 Å². The number of carbonyl (C=O) groups excluding carboxylic acids is 3. The summed E-state index contributed by atoms with van der Waals surface area (Å²) in [5.41, 5.74) is 0. The number of carbonyl (C=O) groups is 3. The highest BCUT2D eigenvalue weighted by atomic mass is 16.7. The molecule has 0 fully saturated rings. The van der Waals surface area contributed by atoms with E-state index in [1.807, 2.05) is 21.1 Å². The van der Waals surface area contributed by atoms with E-state index in [1.165, 1.54) is 32.1 Å². The lowest BCUT2D eigenvalue weighted by Crippen LogP contribution is -2.44. The Labute approximate surface area is 483 Å². The Kier molecular flexibility index (Phi) is 55.2. The number of ether oxygens (including phenoxy) is 4. The number of allylic oxidation sites excluding steroid dienone is 26. The molecular formula is C70H111NO8. The van der Waals surface area contributed by atoms with Crippen LogP contribution in [0, 0.1) is 0 Å². The number of unbranched alkanes of at least 4 members (excludes halogenated alkanes) is 13. The van der Waals surface area contributed by atoms with Crippen molar-refractivity contribution in [2.75, 3.05) is 47.5 Å². The smallest absolute Gasteiger partial charge is 0.306 e. The molecule has 2 unspecified atom stereocenters. The van der Waals surface area contributed by atoms with Gasteiger partial charge in [-0.1, -0.05) is 230 Å². The highest BCUT2D eigenvalue weighted by Gasteiger charge is 2.22. The molecule has 9 nitrogen and oxygen atoms in total. The van der Waals surface area contributed by atoms with E-state index in [-0.39, 0.29) is 38.6 Å². The fourth-order valence-corrected chi connectivity index (χ4v) is 7.64. The first-order valence-corrected chi connectivity index (χ1v) is 30.6. The van der Waals surface area contributed by atoms with Crippen LogP contribution in [0.3, 0.4) is 0 Å². The van der Waals surface area contributed by atoms with Gasteiger partial charge in [0, 0.05) is 12.8 Å². The number of carboxylic acid groups (broad SMARTS) is 1. The van der Waals surface area contributed by atoms with Crippen molar-refractivity contribution in [1.29, 1.82) is 0 Å². The molecular weight excluding hydrogens is 983 g/mol. The van der Waals surface area contributed by atoms with Gasteiger partial charge in [-0.25, -0.2) is 0 Å². The number of esters is 2. The first-order chi connectivity index (χ1) is 38.6. The summed E-state index contributed by atoms with van der Waals surface area (Å²) in [6.45, 7) is 4.45. The van der Waals surface area contributed by atoms with Crippen LogP contribution in [0.5, 0.6) is 0 Å². The first kappa shape index (κ1) is 73.9. The molecule has 0 aromatic rings. The van der Waals surface area contributed by atoms with Crippen molar-refractivity contribution in [2.45, 2.75) is 219 Å². The molecule has 2 atom stereocenters. The maximum Gasteiger partial charge on any atom is 0.306 e. The zero-order valence-electron chi connectivity index (χ0n) is 50.4. The van der Waals surface area contributed by atoms with Gasteiger partial charge in [-0.15, -0.1) is 0 Å². The standard InChI is InChI=1S/C70H111NO8/c1-6-8-10-12-14-16-18-20-22-24-25-26-27-28-29-30-31-32-33-34-35-36-37-38-39-40-41-42-43-45-47-49-51-53-55-57-59-61-68(73)79-66(65-78-70(69(74)75)76-63-62-71(3,4)5)64-77-67(72)60-58-56-54-52-50-48-46-44-23-21-19-17-15-13-11-9-7-2/h8-11,14-17,20-23,25-26,28-29,31-32,34-35,37-38,40-41,46,48,66,70H,6-7,12-13,18-19,24,27,30,33,36,39,42-45,47,49-65H2,1-5H3/b10-8-,11-9-,16-14-,17-15-,22-20-,23-21-,26-25-,29-28-,32-31-,35-34-,38-37-,41-40-,48-46-. The van der Waals surface area contributed by atoms with Crippen molar-refractivity contribution in [3.63, 3.8) is 0 Å². The molecule has 0 aliphatic carbocycles. The molecule has 0 aliphatic rings. The SMILES string of the molecule is CC/C=C\C/C=C\C/C=C\C/C=C\C/C=C\C/C=C\C/C=C\C/C=C\C/C=C\CCCCCCCCCCCC(=O)OC(COC(=O)CCCCCC/C=C\C/C=C\C/C=C\C/C=C\CC)COC(OCC[N+](C)(C)C)C(=O)[O-]. The van der Waals surface area contributed by atoms with E-state index < -0.39 is 24.3 Å². The number of carboxylic acids is 1. The van der Waals surface area contributed by atoms with E-state index >= 15 is 0 Å². The summed E-state index contributed by atoms with van der Waals surface area (Å²) in [7, 11) is 5.90. The van der Waals surface area contributed by atoms with Crippen molar-refractivity contribution in [3.8, 4) is 0 Å². The van der Waals surface area contributed by atoms with Crippen LogP contribution in [0.15, 0.2) is 158 Å². The molecule has 0 heterocycles. The third-order valence-electron chi connectivity index (χ3n) is 12.3. The number of hydrogen-bond donors (Lipinski definition) is 0. The van der Waals surface area contributed by atoms with Crippen LogP contribution in [-0.2, 0) is 33.3 Å². The van der Waals surface area contributed by atoms with Gasteiger partial charge < -0.3 is 33.3 Å². The maximum absolute atomic E-state index is 12.9. The van der Waals surface area contributed by atoms with E-state index in [0.717, 1.165) is 135 Å². The third-order valence-corrected chi connectivity index (χ3v) is 12.3. The van der Waals surface area contributed by atoms with Crippen LogP contribution in [0.2, 0.25) is 0 Å². The van der Waals surface area contributed by atoms with Crippen molar-refractivity contribution >= 4 is 17.9 Å². The minimum atomic E-state index is -1.64. The molecule has 0 saturated carbocycles. The summed E-state index contributed by atoms with van der Waals surface area (Å²) < 4.78 is 22.7. The monoisotopic (exact) mass is 1090 g/mol. The molecule has 0 rings (SSSR count). The van der Waals surface area contributed by atoms with Crippen LogP contribution < -0.4 is 5.11 Å². The predicted molar refractivity (Wildman–Crippen MR) is 333 cm³/mol. The van der Waals surface area contributed by atoms with Gasteiger partial charge in [0.25, 0.3) is 0 Å². The topological polar surface area (TPSA) is 111 Å². The fourth-order valence-electron chi connectivity index (χ4n) is 7.64. The summed E-state index contributed by atoms with van der Waals surface area (Å²) in [5.74, 6) is -2.34. The van der Waals surface area contributed by atoms with E-state index in [4.69, 9.17) is 18.9 Å². The molecule has 79 heavy (non-hydrogen) atoms. The second-order valence-electron chi connectivity index (χ2n) is 20.9. The molecule has 0 saturated heterocycles. The number of hydrogen-bond acceptors (Lipinski definition) is 8. The average Bonchev–Trinajstić information content (AvgIpc) is 3.42. The van der Waals surface area contributed by atoms with Gasteiger partial charge in [0.15, 0.2) is 12.4 Å². The molecule has 0 amide bonds. The van der Waals surface area contributed by atoms with E-state index in [1.54, 1.807) is 0 Å². The number of quaternary nitrogens is 1. The van der Waals surface area contributed by atoms with Crippen LogP contribution in [-0.4, -0.2) is 82.3 Å². The molecule has 0 N–H and O–H groups in total. The Morgan fingerprint density at radius 3 is 1.01 bits per heavy atom. The lowest BCUT2D eigenvalue weighted by molar-refractivity contribution is -0.870. The maximum atomic E-state index is 12.9. The van der Waals surface area contributed by atoms with E-state index in [0.29, 0.717) is 23.9 Å². The van der Waals surface area contributed by atoms with Crippen LogP contribution >= 0.6 is 0 Å². The van der Waals surface area contributed by atoms with E-state index in [2.05, 4.69) is 172 Å². The zero-order valence-corrected chi connectivity index (χ0v) is 50.4. The minimum Gasteiger partial charge on any atom is -0.545 e. The lowest BCUT2D eigenvalue weighted by Gasteiger charge is -2.26. The van der Waals surface area contributed by atoms with Gasteiger partial charge >= 0.3 is 11.9 Å². The average molecular weight is 1090 g/mol. The summed E-state index contributed by atoms with van der Waals surface area (Å²) in [6.07, 6.45) is 84.4. The van der Waals surface area contributed by atoms with Gasteiger partial charge in [-0.2, -0.15) is 0 Å². The number of nitrogens with zero attached hydrogens (tertiary/aromatic N) is 1. The molecule has 9 heteroatoms. The van der Waals surface area contributed by atoms with Crippen molar-refractivity contribution in [2.24, 2.45) is 0 Å². The number of aliphatic carboxylic acids is 1. The predicted octanol–water partition coefficient (Wildman–Crippen LogP) is 17.2. The van der Waals surface area contributed by atoms with E-state index in [9.17, 15) is 19.5 Å². The molecule has 0 radical (unpaired) electrons. The summed E-state index contributed by atoms with van der Waals surface area (Å²) in [6, 6.07) is 0. The second kappa shape index (κ2) is 59.0. The summed E-state index contributed by atoms with van der Waals surface area (Å²) in [4.78, 5) is 37.3. The lowest BCUT2D eigenvalue weighted by atomic mass is 10.1. The number of rotatable bonds is 54. The van der Waals surface area contributed by atoms with Gasteiger partial charge in [0.2, 0.25) is 0 Å². The summed E-state index contributed by atoms with van der Waals surface area (Å²) >= 11 is 0. The molecule has 0 aromatic heterocycles. The van der Waals surface area contributed by atoms with Gasteiger partial charge in [-0.3, -0.25) is 9.59 Å². The fraction of sp³-hybridized carbons (Fsp3) is 0.586. The Morgan fingerprint density at radius 2 is 0.684 bits per heavy atom. The van der Waals surface area contributed by atoms with Crippen LogP contribution in [0.25, 0.3) is 0 Å². The summed E-state index contributed by atoms with van der Waals surface area (Å²) in [5, 5.41) is 11.8. The Balaban J connectivity index is 4.24. The van der Waals surface area contributed by atoms with Gasteiger partial charge in [0.05, 0.1) is 40.3 Å². The first-order valence-electron chi connectivity index (χ1n) is 30.6. The minimum absolute atomic E-state index is 0.133. The van der Waals surface area contributed by atoms with Gasteiger partial charge in [-0.05, 0) is 122 Å². The normalized spacial score (nSPS) is 13.9. The van der Waals surface area contributed by atoms with Gasteiger partial charge in [0.1, 0.15) is 13.2 Å². The molecule has 0 aliphatic heterocycles. The van der Waals surface area contributed by atoms with Crippen LogP contribution in [0.1, 0.15) is 206 Å². The molecule has 0 bridgehead atoms. The Hall–Kier alpha value is -5.09. The largest absolute Gasteiger partial charge is 0.545 e. The Bertz CT molecular complexity index is 1850. The third kappa shape index (κ3) is 60.4. The van der Waals surface area contributed by atoms with Crippen molar-refractivity contribution in [3.05, 3.63) is 158 Å². The molecule has 444 valence electrons. The number of likely N-dealkylation sites (N-methyl/N-ethyl adjacent to an activating group) is 1. The quantitative estimate of drug-likeness (QED) is 0.0195. The Morgan fingerprint density at radius 1 is 0.380 bits per heavy atom. The highest BCUT2D eigenvalue weighted by Crippen LogP contribution is 2.14. The zero-order chi connectivity index (χ0) is 57.6. The second-order valence-corrected chi connectivity index (χ2v) is 20.9. The molecule has 0 aromatic carbocycles. The van der Waals surface area contributed by atoms with Crippen molar-refractivity contribution in [1.82, 2.24) is 0 Å².